The molecule has 0 spiro atoms. The van der Waals surface area contributed by atoms with Gasteiger partial charge in [0.2, 0.25) is 15.9 Å². The van der Waals surface area contributed by atoms with Gasteiger partial charge in [-0.15, -0.1) is 0 Å². The van der Waals surface area contributed by atoms with E-state index in [1.165, 1.54) is 19.2 Å². The van der Waals surface area contributed by atoms with Crippen LogP contribution in [0.15, 0.2) is 59.5 Å². The van der Waals surface area contributed by atoms with Crippen LogP contribution in [0.3, 0.4) is 0 Å². The Morgan fingerprint density at radius 1 is 1.12 bits per heavy atom. The molecular formula is C18H22N2O4S. The van der Waals surface area contributed by atoms with Crippen molar-refractivity contribution < 1.29 is 17.9 Å². The van der Waals surface area contributed by atoms with Crippen LogP contribution in [0.1, 0.15) is 18.5 Å². The first-order valence-electron chi connectivity index (χ1n) is 7.79. The smallest absolute Gasteiger partial charge is 0.243 e. The SMILES string of the molecule is COc1ccc(C(C)NC(=O)CN(C)S(=O)(=O)c2ccccc2)cc1. The van der Waals surface area contributed by atoms with E-state index in [9.17, 15) is 13.2 Å². The Labute approximate surface area is 148 Å². The molecule has 2 aromatic rings. The summed E-state index contributed by atoms with van der Waals surface area (Å²) in [5, 5.41) is 2.80. The van der Waals surface area contributed by atoms with Crippen molar-refractivity contribution >= 4 is 15.9 Å². The lowest BCUT2D eigenvalue weighted by atomic mass is 10.1. The molecule has 2 rings (SSSR count). The van der Waals surface area contributed by atoms with E-state index < -0.39 is 10.0 Å². The van der Waals surface area contributed by atoms with Crippen LogP contribution >= 0.6 is 0 Å². The zero-order chi connectivity index (χ0) is 18.4. The fraction of sp³-hybridized carbons (Fsp3) is 0.278. The van der Waals surface area contributed by atoms with Crippen LogP contribution in [-0.4, -0.2) is 39.3 Å². The third-order valence-corrected chi connectivity index (χ3v) is 5.63. The largest absolute Gasteiger partial charge is 0.497 e. The van der Waals surface area contributed by atoms with Crippen molar-refractivity contribution in [3.8, 4) is 5.75 Å². The maximum Gasteiger partial charge on any atom is 0.243 e. The lowest BCUT2D eigenvalue weighted by Crippen LogP contribution is -2.39. The highest BCUT2D eigenvalue weighted by atomic mass is 32.2. The summed E-state index contributed by atoms with van der Waals surface area (Å²) in [5.41, 5.74) is 0.905. The van der Waals surface area contributed by atoms with Gasteiger partial charge in [0.15, 0.2) is 0 Å². The fourth-order valence-electron chi connectivity index (χ4n) is 2.32. The predicted octanol–water partition coefficient (Wildman–Crippen LogP) is 2.19. The van der Waals surface area contributed by atoms with Gasteiger partial charge in [-0.05, 0) is 36.8 Å². The number of nitrogens with one attached hydrogen (secondary N) is 1. The van der Waals surface area contributed by atoms with Crippen molar-refractivity contribution in [3.63, 3.8) is 0 Å². The summed E-state index contributed by atoms with van der Waals surface area (Å²) in [6.45, 7) is 1.59. The first-order valence-corrected chi connectivity index (χ1v) is 9.23. The number of hydrogen-bond donors (Lipinski definition) is 1. The van der Waals surface area contributed by atoms with Crippen molar-refractivity contribution in [3.05, 3.63) is 60.2 Å². The average molecular weight is 362 g/mol. The summed E-state index contributed by atoms with van der Waals surface area (Å²) >= 11 is 0. The van der Waals surface area contributed by atoms with Crippen molar-refractivity contribution in [2.75, 3.05) is 20.7 Å². The number of benzene rings is 2. The van der Waals surface area contributed by atoms with Crippen LogP contribution < -0.4 is 10.1 Å². The first-order chi connectivity index (χ1) is 11.8. The highest BCUT2D eigenvalue weighted by molar-refractivity contribution is 7.89. The summed E-state index contributed by atoms with van der Waals surface area (Å²) in [4.78, 5) is 12.4. The van der Waals surface area contributed by atoms with Gasteiger partial charge < -0.3 is 10.1 Å². The number of hydrogen-bond acceptors (Lipinski definition) is 4. The number of methoxy groups -OCH3 is 1. The Morgan fingerprint density at radius 3 is 2.28 bits per heavy atom. The van der Waals surface area contributed by atoms with E-state index in [-0.39, 0.29) is 23.4 Å². The van der Waals surface area contributed by atoms with E-state index in [0.29, 0.717) is 0 Å². The van der Waals surface area contributed by atoms with Gasteiger partial charge in [-0.3, -0.25) is 4.79 Å². The maximum atomic E-state index is 12.4. The van der Waals surface area contributed by atoms with E-state index in [4.69, 9.17) is 4.74 Å². The molecule has 0 aromatic heterocycles. The van der Waals surface area contributed by atoms with Crippen LogP contribution in [0.25, 0.3) is 0 Å². The van der Waals surface area contributed by atoms with Gasteiger partial charge in [-0.25, -0.2) is 8.42 Å². The number of rotatable bonds is 7. The van der Waals surface area contributed by atoms with Gasteiger partial charge in [0.1, 0.15) is 5.75 Å². The molecule has 0 saturated heterocycles. The molecular weight excluding hydrogens is 340 g/mol. The summed E-state index contributed by atoms with van der Waals surface area (Å²) in [6.07, 6.45) is 0. The number of carbonyl (C=O) groups is 1. The van der Waals surface area contributed by atoms with Crippen molar-refractivity contribution in [1.29, 1.82) is 0 Å². The third-order valence-electron chi connectivity index (χ3n) is 3.81. The van der Waals surface area contributed by atoms with Crippen molar-refractivity contribution in [2.45, 2.75) is 17.9 Å². The molecule has 0 aliphatic rings. The normalized spacial score (nSPS) is 12.6. The number of ether oxygens (including phenoxy) is 1. The van der Waals surface area contributed by atoms with Crippen molar-refractivity contribution in [1.82, 2.24) is 9.62 Å². The van der Waals surface area contributed by atoms with E-state index in [2.05, 4.69) is 5.32 Å². The number of nitrogens with zero attached hydrogens (tertiary/aromatic N) is 1. The van der Waals surface area contributed by atoms with E-state index in [1.54, 1.807) is 25.3 Å². The fourth-order valence-corrected chi connectivity index (χ4v) is 3.47. The van der Waals surface area contributed by atoms with Crippen LogP contribution in [0.5, 0.6) is 5.75 Å². The molecule has 0 saturated carbocycles. The molecule has 0 fully saturated rings. The van der Waals surface area contributed by atoms with Gasteiger partial charge in [0.05, 0.1) is 24.6 Å². The number of amides is 1. The molecule has 2 aromatic carbocycles. The zero-order valence-electron chi connectivity index (χ0n) is 14.5. The Bertz CT molecular complexity index is 805. The molecule has 0 aliphatic carbocycles. The number of carbonyl (C=O) groups excluding carboxylic acids is 1. The molecule has 1 N–H and O–H groups in total. The lowest BCUT2D eigenvalue weighted by Gasteiger charge is -2.19. The second kappa shape index (κ2) is 8.13. The highest BCUT2D eigenvalue weighted by Crippen LogP contribution is 2.17. The minimum atomic E-state index is -3.69. The summed E-state index contributed by atoms with van der Waals surface area (Å²) in [7, 11) is -0.712. The molecule has 0 aliphatic heterocycles. The standard InChI is InChI=1S/C18H22N2O4S/c1-14(15-9-11-16(24-3)12-10-15)19-18(21)13-20(2)25(22,23)17-7-5-4-6-8-17/h4-12,14H,13H2,1-3H3,(H,19,21). The van der Waals surface area contributed by atoms with Gasteiger partial charge >= 0.3 is 0 Å². The zero-order valence-corrected chi connectivity index (χ0v) is 15.3. The summed E-state index contributed by atoms with van der Waals surface area (Å²) < 4.78 is 31.0. The summed E-state index contributed by atoms with van der Waals surface area (Å²) in [6, 6.07) is 15.1. The Kier molecular flexibility index (Phi) is 6.17. The molecule has 1 unspecified atom stereocenters. The summed E-state index contributed by atoms with van der Waals surface area (Å²) in [5.74, 6) is 0.362. The molecule has 134 valence electrons. The number of sulfonamides is 1. The first kappa shape index (κ1) is 19.0. The second-order valence-corrected chi connectivity index (χ2v) is 7.68. The van der Waals surface area contributed by atoms with Crippen molar-refractivity contribution in [2.24, 2.45) is 0 Å². The topological polar surface area (TPSA) is 75.7 Å². The molecule has 25 heavy (non-hydrogen) atoms. The minimum absolute atomic E-state index is 0.161. The quantitative estimate of drug-likeness (QED) is 0.819. The molecule has 6 nitrogen and oxygen atoms in total. The molecule has 0 heterocycles. The Morgan fingerprint density at radius 2 is 1.72 bits per heavy atom. The second-order valence-electron chi connectivity index (χ2n) is 5.64. The lowest BCUT2D eigenvalue weighted by molar-refractivity contribution is -0.121. The van der Waals surface area contributed by atoms with Gasteiger partial charge in [0.25, 0.3) is 0 Å². The molecule has 0 radical (unpaired) electrons. The predicted molar refractivity (Wildman–Crippen MR) is 95.8 cm³/mol. The molecule has 7 heteroatoms. The molecule has 1 atom stereocenters. The van der Waals surface area contributed by atoms with Crippen LogP contribution in [-0.2, 0) is 14.8 Å². The molecule has 0 bridgehead atoms. The van der Waals surface area contributed by atoms with E-state index >= 15 is 0 Å². The van der Waals surface area contributed by atoms with Gasteiger partial charge in [0, 0.05) is 7.05 Å². The average Bonchev–Trinajstić information content (AvgIpc) is 2.62. The minimum Gasteiger partial charge on any atom is -0.497 e. The van der Waals surface area contributed by atoms with Crippen LogP contribution in [0.4, 0.5) is 0 Å². The van der Waals surface area contributed by atoms with Crippen LogP contribution in [0.2, 0.25) is 0 Å². The number of likely N-dealkylation sites (N-methyl/N-ethyl adjacent to an activating group) is 1. The van der Waals surface area contributed by atoms with Crippen LogP contribution in [0, 0.1) is 0 Å². The van der Waals surface area contributed by atoms with Gasteiger partial charge in [-0.1, -0.05) is 30.3 Å². The third kappa shape index (κ3) is 4.80. The van der Waals surface area contributed by atoms with Gasteiger partial charge in [-0.2, -0.15) is 4.31 Å². The monoisotopic (exact) mass is 362 g/mol. The Balaban J connectivity index is 1.99. The molecule has 1 amide bonds. The highest BCUT2D eigenvalue weighted by Gasteiger charge is 2.23. The van der Waals surface area contributed by atoms with E-state index in [0.717, 1.165) is 15.6 Å². The Hall–Kier alpha value is -2.38. The van der Waals surface area contributed by atoms with E-state index in [1.807, 2.05) is 31.2 Å². The maximum absolute atomic E-state index is 12.4.